The Hall–Kier alpha value is -2.56. The molecule has 0 atom stereocenters. The van der Waals surface area contributed by atoms with Crippen molar-refractivity contribution in [1.29, 1.82) is 5.41 Å². The van der Waals surface area contributed by atoms with Crippen molar-refractivity contribution in [1.82, 2.24) is 4.98 Å². The molecule has 2 aromatic rings. The zero-order valence-corrected chi connectivity index (χ0v) is 11.6. The molecule has 1 heterocycles. The van der Waals surface area contributed by atoms with E-state index in [2.05, 4.69) is 9.88 Å². The van der Waals surface area contributed by atoms with Crippen LogP contribution < -0.4 is 15.4 Å². The first-order valence-corrected chi connectivity index (χ1v) is 6.24. The lowest BCUT2D eigenvalue weighted by Crippen LogP contribution is -2.18. The second-order valence-electron chi connectivity index (χ2n) is 4.52. The number of hydrogen-bond donors (Lipinski definition) is 2. The summed E-state index contributed by atoms with van der Waals surface area (Å²) < 4.78 is 5.14. The fourth-order valence-corrected chi connectivity index (χ4v) is 1.87. The zero-order chi connectivity index (χ0) is 14.5. The van der Waals surface area contributed by atoms with Crippen molar-refractivity contribution < 1.29 is 4.74 Å². The predicted octanol–water partition coefficient (Wildman–Crippen LogP) is 2.01. The first kappa shape index (κ1) is 13.9. The molecule has 0 bridgehead atoms. The zero-order valence-electron chi connectivity index (χ0n) is 11.6. The van der Waals surface area contributed by atoms with E-state index in [0.29, 0.717) is 5.69 Å². The molecule has 0 saturated heterocycles. The maximum Gasteiger partial charge on any atom is 0.141 e. The third-order valence-corrected chi connectivity index (χ3v) is 3.04. The number of amidine groups is 1. The summed E-state index contributed by atoms with van der Waals surface area (Å²) in [7, 11) is 3.65. The van der Waals surface area contributed by atoms with Gasteiger partial charge in [0.25, 0.3) is 0 Å². The van der Waals surface area contributed by atoms with Crippen LogP contribution in [0.5, 0.6) is 5.75 Å². The van der Waals surface area contributed by atoms with Gasteiger partial charge in [-0.2, -0.15) is 0 Å². The molecular weight excluding hydrogens is 252 g/mol. The number of aromatic nitrogens is 1. The molecule has 0 unspecified atom stereocenters. The van der Waals surface area contributed by atoms with E-state index in [0.717, 1.165) is 18.0 Å². The van der Waals surface area contributed by atoms with Gasteiger partial charge in [0.1, 0.15) is 17.3 Å². The highest BCUT2D eigenvalue weighted by molar-refractivity contribution is 5.93. The SMILES string of the molecule is COc1ccc(CN(C)c2ccc(C(=N)N)nc2)cc1. The summed E-state index contributed by atoms with van der Waals surface area (Å²) in [5.74, 6) is 0.832. The summed E-state index contributed by atoms with van der Waals surface area (Å²) >= 11 is 0. The lowest BCUT2D eigenvalue weighted by atomic mass is 10.2. The van der Waals surface area contributed by atoms with Crippen LogP contribution in [0.4, 0.5) is 5.69 Å². The van der Waals surface area contributed by atoms with E-state index in [-0.39, 0.29) is 5.84 Å². The number of rotatable bonds is 5. The van der Waals surface area contributed by atoms with Crippen molar-refractivity contribution in [2.24, 2.45) is 5.73 Å². The average molecular weight is 270 g/mol. The molecule has 0 aliphatic carbocycles. The maximum atomic E-state index is 7.32. The number of pyridine rings is 1. The van der Waals surface area contributed by atoms with Crippen LogP contribution in [-0.2, 0) is 6.54 Å². The van der Waals surface area contributed by atoms with Gasteiger partial charge in [-0.15, -0.1) is 0 Å². The first-order valence-electron chi connectivity index (χ1n) is 6.24. The molecule has 0 saturated carbocycles. The van der Waals surface area contributed by atoms with Crippen LogP contribution in [0.15, 0.2) is 42.6 Å². The summed E-state index contributed by atoms with van der Waals surface area (Å²) in [4.78, 5) is 6.24. The van der Waals surface area contributed by atoms with Gasteiger partial charge in [-0.05, 0) is 29.8 Å². The number of ether oxygens (including phenoxy) is 1. The van der Waals surface area contributed by atoms with Crippen LogP contribution in [0.25, 0.3) is 0 Å². The van der Waals surface area contributed by atoms with Gasteiger partial charge in [0.2, 0.25) is 0 Å². The monoisotopic (exact) mass is 270 g/mol. The molecule has 1 aromatic carbocycles. The van der Waals surface area contributed by atoms with Gasteiger partial charge < -0.3 is 15.4 Å². The van der Waals surface area contributed by atoms with Gasteiger partial charge in [0.05, 0.1) is 19.0 Å². The van der Waals surface area contributed by atoms with Crippen LogP contribution in [-0.4, -0.2) is 25.0 Å². The molecular formula is C15H18N4O. The fraction of sp³-hybridized carbons (Fsp3) is 0.200. The van der Waals surface area contributed by atoms with Crippen LogP contribution in [0.1, 0.15) is 11.3 Å². The second kappa shape index (κ2) is 6.06. The molecule has 1 aromatic heterocycles. The number of hydrogen-bond acceptors (Lipinski definition) is 4. The Morgan fingerprint density at radius 3 is 2.45 bits per heavy atom. The van der Waals surface area contributed by atoms with Crippen molar-refractivity contribution >= 4 is 11.5 Å². The molecule has 0 aliphatic heterocycles. The standard InChI is InChI=1S/C15H18N4O/c1-19(10-11-3-6-13(20-2)7-4-11)12-5-8-14(15(16)17)18-9-12/h3-9H,10H2,1-2H3,(H3,16,17). The van der Waals surface area contributed by atoms with Crippen LogP contribution in [0.2, 0.25) is 0 Å². The van der Waals surface area contributed by atoms with E-state index < -0.39 is 0 Å². The van der Waals surface area contributed by atoms with E-state index >= 15 is 0 Å². The van der Waals surface area contributed by atoms with Gasteiger partial charge in [-0.3, -0.25) is 10.4 Å². The van der Waals surface area contributed by atoms with Gasteiger partial charge in [-0.25, -0.2) is 0 Å². The summed E-state index contributed by atoms with van der Waals surface area (Å²) in [6.45, 7) is 0.769. The Labute approximate surface area is 118 Å². The number of benzene rings is 1. The maximum absolute atomic E-state index is 7.32. The van der Waals surface area contributed by atoms with E-state index in [9.17, 15) is 0 Å². The average Bonchev–Trinajstić information content (AvgIpc) is 2.48. The molecule has 0 aliphatic rings. The summed E-state index contributed by atoms with van der Waals surface area (Å²) in [5, 5.41) is 7.32. The van der Waals surface area contributed by atoms with Gasteiger partial charge in [-0.1, -0.05) is 12.1 Å². The fourth-order valence-electron chi connectivity index (χ4n) is 1.87. The molecule has 104 valence electrons. The second-order valence-corrected chi connectivity index (χ2v) is 4.52. The number of nitrogens with zero attached hydrogens (tertiary/aromatic N) is 2. The highest BCUT2D eigenvalue weighted by Crippen LogP contribution is 2.17. The minimum Gasteiger partial charge on any atom is -0.497 e. The van der Waals surface area contributed by atoms with Crippen molar-refractivity contribution in [3.05, 3.63) is 53.9 Å². The molecule has 3 N–H and O–H groups in total. The van der Waals surface area contributed by atoms with Crippen molar-refractivity contribution in [3.63, 3.8) is 0 Å². The van der Waals surface area contributed by atoms with Crippen LogP contribution in [0.3, 0.4) is 0 Å². The van der Waals surface area contributed by atoms with Crippen molar-refractivity contribution in [2.75, 3.05) is 19.1 Å². The molecule has 20 heavy (non-hydrogen) atoms. The molecule has 0 fully saturated rings. The van der Waals surface area contributed by atoms with Crippen molar-refractivity contribution in [3.8, 4) is 5.75 Å². The number of nitrogens with one attached hydrogen (secondary N) is 1. The number of methoxy groups -OCH3 is 1. The quantitative estimate of drug-likeness (QED) is 0.643. The highest BCUT2D eigenvalue weighted by Gasteiger charge is 2.04. The number of nitrogens with two attached hydrogens (primary N) is 1. The lowest BCUT2D eigenvalue weighted by molar-refractivity contribution is 0.414. The van der Waals surface area contributed by atoms with Gasteiger partial charge in [0.15, 0.2) is 0 Å². The number of anilines is 1. The Morgan fingerprint density at radius 2 is 1.95 bits per heavy atom. The van der Waals surface area contributed by atoms with Gasteiger partial charge in [0, 0.05) is 13.6 Å². The third kappa shape index (κ3) is 3.26. The van der Waals surface area contributed by atoms with E-state index in [1.54, 1.807) is 19.4 Å². The Kier molecular flexibility index (Phi) is 4.20. The van der Waals surface area contributed by atoms with Gasteiger partial charge >= 0.3 is 0 Å². The first-order chi connectivity index (χ1) is 9.60. The lowest BCUT2D eigenvalue weighted by Gasteiger charge is -2.19. The molecule has 2 rings (SSSR count). The normalized spacial score (nSPS) is 10.1. The van der Waals surface area contributed by atoms with E-state index in [4.69, 9.17) is 15.9 Å². The highest BCUT2D eigenvalue weighted by atomic mass is 16.5. The Bertz CT molecular complexity index is 578. The summed E-state index contributed by atoms with van der Waals surface area (Å²) in [5.41, 5.74) is 8.04. The largest absolute Gasteiger partial charge is 0.497 e. The minimum absolute atomic E-state index is 0.0191. The minimum atomic E-state index is -0.0191. The number of nitrogen functional groups attached to an aromatic ring is 1. The summed E-state index contributed by atoms with van der Waals surface area (Å²) in [6, 6.07) is 11.6. The van der Waals surface area contributed by atoms with Crippen molar-refractivity contribution in [2.45, 2.75) is 6.54 Å². The molecule has 0 amide bonds. The summed E-state index contributed by atoms with van der Waals surface area (Å²) in [6.07, 6.45) is 1.72. The smallest absolute Gasteiger partial charge is 0.141 e. The van der Waals surface area contributed by atoms with Crippen LogP contribution >= 0.6 is 0 Å². The Morgan fingerprint density at radius 1 is 1.25 bits per heavy atom. The predicted molar refractivity (Wildman–Crippen MR) is 80.4 cm³/mol. The molecule has 0 spiro atoms. The third-order valence-electron chi connectivity index (χ3n) is 3.04. The topological polar surface area (TPSA) is 75.2 Å². The van der Waals surface area contributed by atoms with Crippen LogP contribution in [0, 0.1) is 5.41 Å². The Balaban J connectivity index is 2.06. The van der Waals surface area contributed by atoms with E-state index in [1.807, 2.05) is 37.4 Å². The molecule has 5 nitrogen and oxygen atoms in total. The molecule has 0 radical (unpaired) electrons. The molecule has 5 heteroatoms. The van der Waals surface area contributed by atoms with E-state index in [1.165, 1.54) is 5.56 Å².